The van der Waals surface area contributed by atoms with Gasteiger partial charge in [0.1, 0.15) is 0 Å². The van der Waals surface area contributed by atoms with Crippen molar-refractivity contribution in [2.75, 3.05) is 0 Å². The number of hydrogen-bond acceptors (Lipinski definition) is 1. The van der Waals surface area contributed by atoms with E-state index in [-0.39, 0.29) is 0 Å². The van der Waals surface area contributed by atoms with Gasteiger partial charge in [0.25, 0.3) is 0 Å². The van der Waals surface area contributed by atoms with Crippen LogP contribution in [0.1, 0.15) is 48.0 Å². The average Bonchev–Trinajstić information content (AvgIpc) is 2.03. The molecule has 0 amide bonds. The fraction of sp³-hybridized carbons (Fsp3) is 0.727. The van der Waals surface area contributed by atoms with Gasteiger partial charge in [-0.25, -0.2) is 0 Å². The Kier molecular flexibility index (Phi) is 5.96. The van der Waals surface area contributed by atoms with Gasteiger partial charge in [0.15, 0.2) is 0 Å². The fourth-order valence-electron chi connectivity index (χ4n) is 0.917. The van der Waals surface area contributed by atoms with Crippen LogP contribution in [0.5, 0.6) is 0 Å². The number of rotatable bonds is 4. The molecule has 0 bridgehead atoms. The Morgan fingerprint density at radius 1 is 1.08 bits per heavy atom. The minimum Gasteiger partial charge on any atom is -0.521 e. The molecule has 76 valence electrons. The van der Waals surface area contributed by atoms with Crippen molar-refractivity contribution in [3.8, 4) is 0 Å². The molecule has 0 aromatic rings. The zero-order valence-electron chi connectivity index (χ0n) is 9.82. The van der Waals surface area contributed by atoms with E-state index in [0.717, 1.165) is 5.76 Å². The lowest BCUT2D eigenvalue weighted by atomic mass is 10.3. The summed E-state index contributed by atoms with van der Waals surface area (Å²) in [6.45, 7) is 12.9. The van der Waals surface area contributed by atoms with Crippen LogP contribution >= 0.6 is 0 Å². The van der Waals surface area contributed by atoms with E-state index in [9.17, 15) is 0 Å². The molecule has 0 spiro atoms. The van der Waals surface area contributed by atoms with Gasteiger partial charge in [0, 0.05) is 0 Å². The van der Waals surface area contributed by atoms with Crippen molar-refractivity contribution in [2.24, 2.45) is 0 Å². The van der Waals surface area contributed by atoms with Gasteiger partial charge in [-0.2, -0.15) is 0 Å². The highest BCUT2D eigenvalue weighted by molar-refractivity contribution is 6.65. The average molecular weight is 198 g/mol. The molecule has 0 aromatic carbocycles. The monoisotopic (exact) mass is 198 g/mol. The van der Waals surface area contributed by atoms with E-state index in [1.54, 1.807) is 0 Å². The molecule has 0 radical (unpaired) electrons. The summed E-state index contributed by atoms with van der Waals surface area (Å²) in [5.74, 6) is 1.11. The van der Waals surface area contributed by atoms with E-state index >= 15 is 0 Å². The van der Waals surface area contributed by atoms with Crippen LogP contribution in [0.15, 0.2) is 11.3 Å². The third kappa shape index (κ3) is 5.04. The Balaban J connectivity index is 4.47. The van der Waals surface area contributed by atoms with E-state index in [0.29, 0.717) is 0 Å². The first-order chi connectivity index (χ1) is 5.99. The first-order valence-corrected chi connectivity index (χ1v) is 6.58. The zero-order chi connectivity index (χ0) is 10.4. The maximum atomic E-state index is 5.96. The van der Waals surface area contributed by atoms with E-state index in [1.807, 2.05) is 0 Å². The van der Waals surface area contributed by atoms with E-state index in [1.165, 1.54) is 23.2 Å². The molecule has 0 aliphatic rings. The molecule has 0 rings (SSSR count). The summed E-state index contributed by atoms with van der Waals surface area (Å²) in [4.78, 5) is 0. The summed E-state index contributed by atoms with van der Waals surface area (Å²) < 4.78 is 5.96. The fourth-order valence-corrected chi connectivity index (χ4v) is 2.75. The van der Waals surface area contributed by atoms with Gasteiger partial charge in [0.05, 0.1) is 5.76 Å². The minimum absolute atomic E-state index is 0.698. The summed E-state index contributed by atoms with van der Waals surface area (Å²) in [5.41, 5.74) is 1.29. The Labute approximate surface area is 84.2 Å². The normalized spacial score (nSPS) is 9.38. The van der Waals surface area contributed by atoms with Gasteiger partial charge in [-0.1, -0.05) is 18.5 Å². The molecule has 13 heavy (non-hydrogen) atoms. The summed E-state index contributed by atoms with van der Waals surface area (Å²) in [5, 5.41) is 1.47. The third-order valence-corrected chi connectivity index (χ3v) is 4.64. The van der Waals surface area contributed by atoms with Crippen LogP contribution in [0.4, 0.5) is 0 Å². The molecule has 0 aliphatic carbocycles. The van der Waals surface area contributed by atoms with Gasteiger partial charge >= 0.3 is 0 Å². The predicted octanol–water partition coefficient (Wildman–Crippen LogP) is 3.51. The number of hydrogen-bond donors (Lipinski definition) is 0. The molecule has 0 fully saturated rings. The van der Waals surface area contributed by atoms with E-state index < -0.39 is 8.65 Å². The lowest BCUT2D eigenvalue weighted by Gasteiger charge is -2.12. The molecule has 0 saturated carbocycles. The molecule has 0 aromatic heterocycles. The molecule has 2 heteroatoms. The molecular formula is C11H22OSi. The SMILES string of the molecule is CCC[Si](OC(C)=C(C)C)=C(C)C. The summed E-state index contributed by atoms with van der Waals surface area (Å²) >= 11 is 0. The van der Waals surface area contributed by atoms with Crippen LogP contribution in [0.2, 0.25) is 6.04 Å². The van der Waals surface area contributed by atoms with E-state index in [4.69, 9.17) is 4.43 Å². The van der Waals surface area contributed by atoms with Crippen molar-refractivity contribution in [2.45, 2.75) is 54.0 Å². The lowest BCUT2D eigenvalue weighted by Crippen LogP contribution is -2.14. The largest absolute Gasteiger partial charge is 0.521 e. The highest BCUT2D eigenvalue weighted by atomic mass is 28.3. The molecule has 0 saturated heterocycles. The lowest BCUT2D eigenvalue weighted by molar-refractivity contribution is 0.441. The summed E-state index contributed by atoms with van der Waals surface area (Å²) in [6, 6.07) is 1.22. The van der Waals surface area contributed by atoms with Crippen LogP contribution < -0.4 is 0 Å². The number of allylic oxidation sites excluding steroid dienone is 2. The first kappa shape index (κ1) is 12.6. The summed E-state index contributed by atoms with van der Waals surface area (Å²) in [7, 11) is -0.698. The third-order valence-electron chi connectivity index (χ3n) is 2.02. The summed E-state index contributed by atoms with van der Waals surface area (Å²) in [6.07, 6.45) is 1.22. The Morgan fingerprint density at radius 2 is 1.62 bits per heavy atom. The second kappa shape index (κ2) is 6.14. The Morgan fingerprint density at radius 3 is 1.92 bits per heavy atom. The van der Waals surface area contributed by atoms with Crippen LogP contribution in [0.25, 0.3) is 0 Å². The van der Waals surface area contributed by atoms with Gasteiger partial charge in [-0.05, 0) is 46.2 Å². The van der Waals surface area contributed by atoms with Crippen molar-refractivity contribution in [3.63, 3.8) is 0 Å². The highest BCUT2D eigenvalue weighted by Gasteiger charge is 2.04. The highest BCUT2D eigenvalue weighted by Crippen LogP contribution is 2.06. The molecule has 0 atom stereocenters. The van der Waals surface area contributed by atoms with Gasteiger partial charge < -0.3 is 4.43 Å². The second-order valence-electron chi connectivity index (χ2n) is 3.83. The predicted molar refractivity (Wildman–Crippen MR) is 62.3 cm³/mol. The Bertz CT molecular complexity index is 218. The van der Waals surface area contributed by atoms with Crippen LogP contribution in [-0.2, 0) is 4.43 Å². The van der Waals surface area contributed by atoms with Crippen LogP contribution in [0, 0.1) is 0 Å². The Hall–Kier alpha value is -0.373. The van der Waals surface area contributed by atoms with Crippen molar-refractivity contribution >= 4 is 13.8 Å². The molecule has 1 nitrogen and oxygen atoms in total. The maximum Gasteiger partial charge on any atom is 0.238 e. The minimum atomic E-state index is -0.698. The van der Waals surface area contributed by atoms with Crippen molar-refractivity contribution in [1.29, 1.82) is 0 Å². The quantitative estimate of drug-likeness (QED) is 0.496. The smallest absolute Gasteiger partial charge is 0.238 e. The van der Waals surface area contributed by atoms with Gasteiger partial charge in [-0.15, -0.1) is 0 Å². The zero-order valence-corrected chi connectivity index (χ0v) is 10.8. The topological polar surface area (TPSA) is 9.23 Å². The standard InChI is InChI=1S/C11H22OSi/c1-7-8-13(10(4)5)12-11(6)9(2)3/h7-8H2,1-6H3. The van der Waals surface area contributed by atoms with E-state index in [2.05, 4.69) is 41.5 Å². The van der Waals surface area contributed by atoms with Gasteiger partial charge in [-0.3, -0.25) is 0 Å². The van der Waals surface area contributed by atoms with Crippen molar-refractivity contribution in [1.82, 2.24) is 0 Å². The first-order valence-electron chi connectivity index (χ1n) is 4.97. The molecule has 0 unspecified atom stereocenters. The van der Waals surface area contributed by atoms with Crippen LogP contribution in [0.3, 0.4) is 0 Å². The molecule has 0 heterocycles. The molecular weight excluding hydrogens is 176 g/mol. The van der Waals surface area contributed by atoms with Crippen molar-refractivity contribution in [3.05, 3.63) is 11.3 Å². The molecule has 0 N–H and O–H groups in total. The van der Waals surface area contributed by atoms with Crippen LogP contribution in [-0.4, -0.2) is 13.8 Å². The maximum absolute atomic E-state index is 5.96. The van der Waals surface area contributed by atoms with Gasteiger partial charge in [0.2, 0.25) is 8.65 Å². The molecule has 0 aliphatic heterocycles. The van der Waals surface area contributed by atoms with Crippen molar-refractivity contribution < 1.29 is 4.43 Å². The second-order valence-corrected chi connectivity index (χ2v) is 6.38.